The molecule has 0 aliphatic carbocycles. The van der Waals surface area contributed by atoms with Crippen LogP contribution in [-0.4, -0.2) is 5.91 Å². The van der Waals surface area contributed by atoms with E-state index in [1.165, 1.54) is 22.6 Å². The van der Waals surface area contributed by atoms with Crippen molar-refractivity contribution in [2.75, 3.05) is 0 Å². The largest absolute Gasteiger partial charge is 0.366 e. The SMILES string of the molecule is NC(=O)c1cc(F)c(I)c(F)c1. The maximum absolute atomic E-state index is 12.7. The molecule has 1 rings (SSSR count). The minimum Gasteiger partial charge on any atom is -0.366 e. The summed E-state index contributed by atoms with van der Waals surface area (Å²) in [7, 11) is 0. The number of rotatable bonds is 1. The lowest BCUT2D eigenvalue weighted by atomic mass is 10.2. The molecule has 0 heterocycles. The zero-order chi connectivity index (χ0) is 9.30. The summed E-state index contributed by atoms with van der Waals surface area (Å²) in [5.74, 6) is -2.39. The van der Waals surface area contributed by atoms with Gasteiger partial charge in [-0.3, -0.25) is 4.79 Å². The van der Waals surface area contributed by atoms with Crippen LogP contribution in [-0.2, 0) is 0 Å². The zero-order valence-corrected chi connectivity index (χ0v) is 7.93. The molecule has 0 radical (unpaired) electrons. The average molecular weight is 283 g/mol. The summed E-state index contributed by atoms with van der Waals surface area (Å²) in [5.41, 5.74) is 4.67. The molecule has 5 heteroatoms. The van der Waals surface area contributed by atoms with Gasteiger partial charge in [0.15, 0.2) is 0 Å². The number of carbonyl (C=O) groups is 1. The highest BCUT2D eigenvalue weighted by Gasteiger charge is 2.10. The molecule has 0 saturated carbocycles. The van der Waals surface area contributed by atoms with E-state index < -0.39 is 17.5 Å². The van der Waals surface area contributed by atoms with E-state index in [0.717, 1.165) is 12.1 Å². The van der Waals surface area contributed by atoms with Gasteiger partial charge in [-0.25, -0.2) is 8.78 Å². The van der Waals surface area contributed by atoms with Gasteiger partial charge in [-0.2, -0.15) is 0 Å². The molecule has 12 heavy (non-hydrogen) atoms. The standard InChI is InChI=1S/C7H4F2INO/c8-4-1-3(7(11)12)2-5(9)6(4)10/h1-2H,(H2,11,12). The van der Waals surface area contributed by atoms with E-state index >= 15 is 0 Å². The fourth-order valence-corrected chi connectivity index (χ4v) is 1.01. The first-order valence-corrected chi connectivity index (χ1v) is 4.04. The monoisotopic (exact) mass is 283 g/mol. The van der Waals surface area contributed by atoms with Crippen molar-refractivity contribution < 1.29 is 13.6 Å². The molecule has 0 spiro atoms. The number of halogens is 3. The normalized spacial score (nSPS) is 9.92. The van der Waals surface area contributed by atoms with Gasteiger partial charge in [-0.05, 0) is 34.7 Å². The third-order valence-electron chi connectivity index (χ3n) is 1.27. The van der Waals surface area contributed by atoms with Gasteiger partial charge in [0.1, 0.15) is 11.6 Å². The van der Waals surface area contributed by atoms with E-state index in [1.54, 1.807) is 0 Å². The number of hydrogen-bond acceptors (Lipinski definition) is 1. The highest BCUT2D eigenvalue weighted by atomic mass is 127. The smallest absolute Gasteiger partial charge is 0.248 e. The fourth-order valence-electron chi connectivity index (χ4n) is 0.698. The van der Waals surface area contributed by atoms with Gasteiger partial charge < -0.3 is 5.73 Å². The quantitative estimate of drug-likeness (QED) is 0.618. The van der Waals surface area contributed by atoms with Crippen molar-refractivity contribution >= 4 is 28.5 Å². The van der Waals surface area contributed by atoms with Gasteiger partial charge in [-0.1, -0.05) is 0 Å². The van der Waals surface area contributed by atoms with E-state index in [0.29, 0.717) is 0 Å². The van der Waals surface area contributed by atoms with E-state index in [2.05, 4.69) is 0 Å². The summed E-state index contributed by atoms with van der Waals surface area (Å²) in [4.78, 5) is 10.5. The second kappa shape index (κ2) is 3.34. The van der Waals surface area contributed by atoms with E-state index in [9.17, 15) is 13.6 Å². The van der Waals surface area contributed by atoms with Crippen molar-refractivity contribution in [3.8, 4) is 0 Å². The van der Waals surface area contributed by atoms with Crippen LogP contribution in [0.1, 0.15) is 10.4 Å². The summed E-state index contributed by atoms with van der Waals surface area (Å²) >= 11 is 1.51. The summed E-state index contributed by atoms with van der Waals surface area (Å²) in [6, 6.07) is 1.82. The lowest BCUT2D eigenvalue weighted by Gasteiger charge is -1.99. The summed E-state index contributed by atoms with van der Waals surface area (Å²) in [5, 5.41) is 0. The second-order valence-corrected chi connectivity index (χ2v) is 3.20. The van der Waals surface area contributed by atoms with Crippen molar-refractivity contribution in [3.05, 3.63) is 32.9 Å². The van der Waals surface area contributed by atoms with Crippen LogP contribution in [0.15, 0.2) is 12.1 Å². The Balaban J connectivity index is 3.31. The Morgan fingerprint density at radius 3 is 2.08 bits per heavy atom. The van der Waals surface area contributed by atoms with Crippen LogP contribution in [0.4, 0.5) is 8.78 Å². The Bertz CT molecular complexity index is 317. The molecular weight excluding hydrogens is 279 g/mol. The van der Waals surface area contributed by atoms with Crippen molar-refractivity contribution in [1.29, 1.82) is 0 Å². The van der Waals surface area contributed by atoms with Crippen LogP contribution in [0.3, 0.4) is 0 Å². The van der Waals surface area contributed by atoms with Crippen LogP contribution in [0, 0.1) is 15.2 Å². The first kappa shape index (κ1) is 9.37. The van der Waals surface area contributed by atoms with Crippen molar-refractivity contribution in [2.24, 2.45) is 5.73 Å². The molecular formula is C7H4F2INO. The Kier molecular flexibility index (Phi) is 2.61. The van der Waals surface area contributed by atoms with Crippen molar-refractivity contribution in [1.82, 2.24) is 0 Å². The predicted molar refractivity (Wildman–Crippen MR) is 47.6 cm³/mol. The van der Waals surface area contributed by atoms with Crippen LogP contribution in [0.2, 0.25) is 0 Å². The van der Waals surface area contributed by atoms with Gasteiger partial charge in [0.05, 0.1) is 3.57 Å². The number of benzene rings is 1. The number of nitrogens with two attached hydrogens (primary N) is 1. The van der Waals surface area contributed by atoms with Crippen molar-refractivity contribution in [2.45, 2.75) is 0 Å². The van der Waals surface area contributed by atoms with Gasteiger partial charge >= 0.3 is 0 Å². The molecule has 0 aromatic heterocycles. The number of primary amides is 1. The molecule has 0 unspecified atom stereocenters. The van der Waals surface area contributed by atoms with Gasteiger partial charge in [0, 0.05) is 5.56 Å². The highest BCUT2D eigenvalue weighted by Crippen LogP contribution is 2.16. The highest BCUT2D eigenvalue weighted by molar-refractivity contribution is 14.1. The third-order valence-corrected chi connectivity index (χ3v) is 2.30. The average Bonchev–Trinajstić information content (AvgIpc) is 1.99. The van der Waals surface area contributed by atoms with Gasteiger partial charge in [0.25, 0.3) is 0 Å². The summed E-state index contributed by atoms with van der Waals surface area (Å²) in [6.07, 6.45) is 0. The number of carbonyl (C=O) groups excluding carboxylic acids is 1. The lowest BCUT2D eigenvalue weighted by molar-refractivity contribution is 0.0999. The third kappa shape index (κ3) is 1.71. The first-order chi connectivity index (χ1) is 5.52. The topological polar surface area (TPSA) is 43.1 Å². The summed E-state index contributed by atoms with van der Waals surface area (Å²) < 4.78 is 25.3. The van der Waals surface area contributed by atoms with E-state index in [4.69, 9.17) is 5.73 Å². The van der Waals surface area contributed by atoms with Crippen LogP contribution >= 0.6 is 22.6 Å². The van der Waals surface area contributed by atoms with Gasteiger partial charge in [-0.15, -0.1) is 0 Å². The molecule has 0 saturated heterocycles. The van der Waals surface area contributed by atoms with Crippen molar-refractivity contribution in [3.63, 3.8) is 0 Å². The van der Waals surface area contributed by atoms with Gasteiger partial charge in [0.2, 0.25) is 5.91 Å². The Labute approximate surface area is 80.9 Å². The fraction of sp³-hybridized carbons (Fsp3) is 0. The van der Waals surface area contributed by atoms with E-state index in [-0.39, 0.29) is 9.13 Å². The van der Waals surface area contributed by atoms with Crippen LogP contribution in [0.5, 0.6) is 0 Å². The Hall–Kier alpha value is -0.720. The predicted octanol–water partition coefficient (Wildman–Crippen LogP) is 1.67. The van der Waals surface area contributed by atoms with E-state index in [1.807, 2.05) is 0 Å². The molecule has 0 bridgehead atoms. The molecule has 0 aliphatic rings. The second-order valence-electron chi connectivity index (χ2n) is 2.12. The molecule has 1 amide bonds. The Morgan fingerprint density at radius 1 is 1.33 bits per heavy atom. The molecule has 0 aliphatic heterocycles. The molecule has 0 atom stereocenters. The molecule has 64 valence electrons. The molecule has 1 aromatic rings. The number of hydrogen-bond donors (Lipinski definition) is 1. The maximum Gasteiger partial charge on any atom is 0.248 e. The van der Waals surface area contributed by atoms with Crippen LogP contribution < -0.4 is 5.73 Å². The summed E-state index contributed by atoms with van der Waals surface area (Å²) in [6.45, 7) is 0. The molecule has 1 aromatic carbocycles. The minimum atomic E-state index is -0.843. The Morgan fingerprint density at radius 2 is 1.75 bits per heavy atom. The molecule has 2 N–H and O–H groups in total. The molecule has 0 fully saturated rings. The maximum atomic E-state index is 12.7. The molecule has 2 nitrogen and oxygen atoms in total. The first-order valence-electron chi connectivity index (χ1n) is 2.96. The minimum absolute atomic E-state index is 0.141. The lowest BCUT2D eigenvalue weighted by Crippen LogP contribution is -2.12. The number of amides is 1. The van der Waals surface area contributed by atoms with Crippen LogP contribution in [0.25, 0.3) is 0 Å². The zero-order valence-electron chi connectivity index (χ0n) is 5.77.